The van der Waals surface area contributed by atoms with E-state index in [0.29, 0.717) is 30.3 Å². The molecule has 7 heteroatoms. The molecule has 1 saturated heterocycles. The average Bonchev–Trinajstić information content (AvgIpc) is 2.82. The largest absolute Gasteiger partial charge is 0.495 e. The van der Waals surface area contributed by atoms with Gasteiger partial charge in [0.2, 0.25) is 5.91 Å². The van der Waals surface area contributed by atoms with Gasteiger partial charge in [0, 0.05) is 45.6 Å². The average molecular weight is 452 g/mol. The van der Waals surface area contributed by atoms with Crippen LogP contribution in [0.5, 0.6) is 5.75 Å². The number of nitriles is 1. The molecule has 0 spiro atoms. The van der Waals surface area contributed by atoms with Gasteiger partial charge in [-0.2, -0.15) is 5.26 Å². The fourth-order valence-electron chi connectivity index (χ4n) is 4.37. The maximum Gasteiger partial charge on any atom is 0.302 e. The molecule has 0 saturated carbocycles. The Morgan fingerprint density at radius 2 is 1.97 bits per heavy atom. The van der Waals surface area contributed by atoms with Crippen LogP contribution in [0.15, 0.2) is 42.0 Å². The minimum absolute atomic E-state index is 0.100. The summed E-state index contributed by atoms with van der Waals surface area (Å²) >= 11 is 0. The summed E-state index contributed by atoms with van der Waals surface area (Å²) in [6, 6.07) is 7.38. The SMILES string of the molecule is COc1cc(CC(=O)N2CCN(CCC3=CC=CC(COC(C)=O)C3C)CC2)ccc1C#N. The molecule has 1 aliphatic carbocycles. The van der Waals surface area contributed by atoms with Crippen molar-refractivity contribution < 1.29 is 19.1 Å². The topological polar surface area (TPSA) is 82.9 Å². The van der Waals surface area contributed by atoms with Crippen molar-refractivity contribution in [3.8, 4) is 11.8 Å². The summed E-state index contributed by atoms with van der Waals surface area (Å²) in [5.74, 6) is 0.940. The van der Waals surface area contributed by atoms with E-state index in [1.54, 1.807) is 12.1 Å². The zero-order valence-electron chi connectivity index (χ0n) is 19.8. The van der Waals surface area contributed by atoms with Gasteiger partial charge in [0.05, 0.1) is 25.7 Å². The molecule has 0 bridgehead atoms. The molecule has 1 amide bonds. The van der Waals surface area contributed by atoms with Gasteiger partial charge in [-0.1, -0.05) is 36.8 Å². The standard InChI is InChI=1S/C26H33N3O4/c1-19-22(5-4-6-24(19)18-33-20(2)30)9-10-28-11-13-29(14-12-28)26(31)16-21-7-8-23(17-27)25(15-21)32-3/h4-8,15,19,24H,9-14,16,18H2,1-3H3. The van der Waals surface area contributed by atoms with Crippen LogP contribution < -0.4 is 4.74 Å². The van der Waals surface area contributed by atoms with E-state index in [0.717, 1.165) is 44.7 Å². The molecule has 1 aliphatic heterocycles. The lowest BCUT2D eigenvalue weighted by atomic mass is 9.82. The molecule has 1 heterocycles. The Bertz CT molecular complexity index is 955. The Morgan fingerprint density at radius 3 is 2.64 bits per heavy atom. The van der Waals surface area contributed by atoms with Crippen LogP contribution in [0.3, 0.4) is 0 Å². The fourth-order valence-corrected chi connectivity index (χ4v) is 4.37. The molecule has 2 unspecified atom stereocenters. The first kappa shape index (κ1) is 24.5. The van der Waals surface area contributed by atoms with Crippen molar-refractivity contribution in [2.24, 2.45) is 11.8 Å². The summed E-state index contributed by atoms with van der Waals surface area (Å²) in [7, 11) is 1.53. The van der Waals surface area contributed by atoms with Crippen LogP contribution in [-0.4, -0.2) is 68.1 Å². The highest BCUT2D eigenvalue weighted by Gasteiger charge is 2.25. The summed E-state index contributed by atoms with van der Waals surface area (Å²) in [5.41, 5.74) is 2.70. The second-order valence-corrected chi connectivity index (χ2v) is 8.68. The van der Waals surface area contributed by atoms with Crippen LogP contribution in [0, 0.1) is 23.2 Å². The number of benzene rings is 1. The van der Waals surface area contributed by atoms with Gasteiger partial charge in [-0.3, -0.25) is 14.5 Å². The third-order valence-corrected chi connectivity index (χ3v) is 6.56. The van der Waals surface area contributed by atoms with Gasteiger partial charge in [0.15, 0.2) is 0 Å². The molecule has 33 heavy (non-hydrogen) atoms. The van der Waals surface area contributed by atoms with Gasteiger partial charge in [0.25, 0.3) is 0 Å². The number of rotatable bonds is 8. The van der Waals surface area contributed by atoms with Gasteiger partial charge >= 0.3 is 5.97 Å². The molecule has 1 fully saturated rings. The van der Waals surface area contributed by atoms with Crippen molar-refractivity contribution in [2.75, 3.05) is 46.4 Å². The molecule has 3 rings (SSSR count). The van der Waals surface area contributed by atoms with E-state index in [4.69, 9.17) is 14.7 Å². The molecule has 176 valence electrons. The zero-order valence-corrected chi connectivity index (χ0v) is 19.8. The van der Waals surface area contributed by atoms with Crippen LogP contribution >= 0.6 is 0 Å². The minimum Gasteiger partial charge on any atom is -0.495 e. The predicted octanol–water partition coefficient (Wildman–Crippen LogP) is 2.96. The van der Waals surface area contributed by atoms with Crippen molar-refractivity contribution in [2.45, 2.75) is 26.7 Å². The maximum atomic E-state index is 12.8. The molecule has 7 nitrogen and oxygen atoms in total. The summed E-state index contributed by atoms with van der Waals surface area (Å²) in [5, 5.41) is 9.11. The molecule has 0 N–H and O–H groups in total. The number of allylic oxidation sites excluding steroid dienone is 2. The van der Waals surface area contributed by atoms with Crippen molar-refractivity contribution in [3.05, 3.63) is 53.1 Å². The van der Waals surface area contributed by atoms with Crippen molar-refractivity contribution >= 4 is 11.9 Å². The Labute approximate surface area is 196 Å². The van der Waals surface area contributed by atoms with E-state index < -0.39 is 0 Å². The van der Waals surface area contributed by atoms with Crippen LogP contribution in [0.1, 0.15) is 31.4 Å². The van der Waals surface area contributed by atoms with Crippen molar-refractivity contribution in [1.29, 1.82) is 5.26 Å². The normalized spacial score (nSPS) is 20.7. The first-order valence-electron chi connectivity index (χ1n) is 11.5. The summed E-state index contributed by atoms with van der Waals surface area (Å²) < 4.78 is 10.5. The van der Waals surface area contributed by atoms with Gasteiger partial charge in [-0.25, -0.2) is 0 Å². The number of hydrogen-bond acceptors (Lipinski definition) is 6. The van der Waals surface area contributed by atoms with E-state index in [-0.39, 0.29) is 17.8 Å². The van der Waals surface area contributed by atoms with Gasteiger partial charge < -0.3 is 14.4 Å². The van der Waals surface area contributed by atoms with E-state index in [9.17, 15) is 9.59 Å². The summed E-state index contributed by atoms with van der Waals surface area (Å²) in [6.45, 7) is 8.17. The monoisotopic (exact) mass is 451 g/mol. The fraction of sp³-hybridized carbons (Fsp3) is 0.500. The number of nitrogens with zero attached hydrogens (tertiary/aromatic N) is 3. The van der Waals surface area contributed by atoms with E-state index in [1.807, 2.05) is 11.0 Å². The lowest BCUT2D eigenvalue weighted by molar-refractivity contribution is -0.142. The molecule has 2 aliphatic rings. The Hall–Kier alpha value is -3.11. The molecule has 0 aromatic heterocycles. The Kier molecular flexibility index (Phi) is 8.67. The summed E-state index contributed by atoms with van der Waals surface area (Å²) in [6.07, 6.45) is 7.65. The second-order valence-electron chi connectivity index (χ2n) is 8.68. The third-order valence-electron chi connectivity index (χ3n) is 6.56. The van der Waals surface area contributed by atoms with Crippen molar-refractivity contribution in [1.82, 2.24) is 9.80 Å². The van der Waals surface area contributed by atoms with Crippen LogP contribution in [0.2, 0.25) is 0 Å². The maximum absolute atomic E-state index is 12.8. The number of amides is 1. The van der Waals surface area contributed by atoms with E-state index in [2.05, 4.69) is 36.1 Å². The van der Waals surface area contributed by atoms with E-state index in [1.165, 1.54) is 19.6 Å². The molecule has 1 aromatic rings. The predicted molar refractivity (Wildman–Crippen MR) is 126 cm³/mol. The van der Waals surface area contributed by atoms with Gasteiger partial charge in [-0.15, -0.1) is 0 Å². The summed E-state index contributed by atoms with van der Waals surface area (Å²) in [4.78, 5) is 28.2. The number of methoxy groups -OCH3 is 1. The van der Waals surface area contributed by atoms with Gasteiger partial charge in [0.1, 0.15) is 11.8 Å². The first-order chi connectivity index (χ1) is 15.9. The third kappa shape index (κ3) is 6.69. The smallest absolute Gasteiger partial charge is 0.302 e. The molecule has 2 atom stereocenters. The number of carbonyl (C=O) groups is 2. The van der Waals surface area contributed by atoms with Crippen LogP contribution in [-0.2, 0) is 20.7 Å². The number of ether oxygens (including phenoxy) is 2. The molecular weight excluding hydrogens is 418 g/mol. The lowest BCUT2D eigenvalue weighted by Crippen LogP contribution is -2.49. The van der Waals surface area contributed by atoms with Gasteiger partial charge in [-0.05, 0) is 30.0 Å². The van der Waals surface area contributed by atoms with Crippen molar-refractivity contribution in [3.63, 3.8) is 0 Å². The number of carbonyl (C=O) groups excluding carboxylic acids is 2. The number of esters is 1. The second kappa shape index (κ2) is 11.7. The van der Waals surface area contributed by atoms with Crippen LogP contribution in [0.25, 0.3) is 0 Å². The first-order valence-corrected chi connectivity index (χ1v) is 11.5. The number of hydrogen-bond donors (Lipinski definition) is 0. The molecular formula is C26H33N3O4. The quantitative estimate of drug-likeness (QED) is 0.565. The molecule has 1 aromatic carbocycles. The highest BCUT2D eigenvalue weighted by Crippen LogP contribution is 2.29. The minimum atomic E-state index is -0.238. The Balaban J connectivity index is 1.44. The van der Waals surface area contributed by atoms with Crippen LogP contribution in [0.4, 0.5) is 0 Å². The lowest BCUT2D eigenvalue weighted by Gasteiger charge is -2.35. The highest BCUT2D eigenvalue weighted by atomic mass is 16.5. The van der Waals surface area contributed by atoms with E-state index >= 15 is 0 Å². The Morgan fingerprint density at radius 1 is 1.21 bits per heavy atom. The number of piperazine rings is 1. The zero-order chi connectivity index (χ0) is 23.8. The highest BCUT2D eigenvalue weighted by molar-refractivity contribution is 5.79. The molecule has 0 radical (unpaired) electrons.